The maximum Gasteiger partial charge on any atom is 0.225 e. The predicted octanol–water partition coefficient (Wildman–Crippen LogP) is 4.76. The molecule has 0 aliphatic rings. The number of ether oxygens (including phenoxy) is 1. The Labute approximate surface area is 161 Å². The smallest absolute Gasteiger partial charge is 0.225 e. The number of hydrogen-bond donors (Lipinski definition) is 1. The Morgan fingerprint density at radius 1 is 0.926 bits per heavy atom. The highest BCUT2D eigenvalue weighted by molar-refractivity contribution is 5.79. The third-order valence-electron chi connectivity index (χ3n) is 4.67. The maximum absolute atomic E-state index is 12.8. The number of nitrogens with one attached hydrogen (secondary N) is 1. The van der Waals surface area contributed by atoms with Crippen molar-refractivity contribution in [3.05, 3.63) is 101 Å². The Kier molecular flexibility index (Phi) is 5.92. The Morgan fingerprint density at radius 2 is 1.59 bits per heavy atom. The van der Waals surface area contributed by atoms with Crippen LogP contribution in [0.2, 0.25) is 0 Å². The van der Waals surface area contributed by atoms with Crippen molar-refractivity contribution in [3.8, 4) is 5.75 Å². The van der Waals surface area contributed by atoms with Gasteiger partial charge in [-0.05, 0) is 42.2 Å². The van der Waals surface area contributed by atoms with Gasteiger partial charge in [0, 0.05) is 0 Å². The van der Waals surface area contributed by atoms with Crippen LogP contribution in [0.5, 0.6) is 5.75 Å². The monoisotopic (exact) mass is 359 g/mol. The Hall–Kier alpha value is -3.07. The molecule has 27 heavy (non-hydrogen) atoms. The minimum Gasteiger partial charge on any atom is -0.496 e. The average Bonchev–Trinajstić information content (AvgIpc) is 2.68. The number of rotatable bonds is 6. The summed E-state index contributed by atoms with van der Waals surface area (Å²) in [6.45, 7) is 4.05. The van der Waals surface area contributed by atoms with Crippen LogP contribution in [-0.4, -0.2) is 13.0 Å². The number of aryl methyl sites for hydroxylation is 2. The molecular formula is C24H25NO2. The van der Waals surface area contributed by atoms with Gasteiger partial charge < -0.3 is 10.1 Å². The van der Waals surface area contributed by atoms with Gasteiger partial charge in [-0.2, -0.15) is 0 Å². The molecule has 1 atom stereocenters. The minimum absolute atomic E-state index is 0.00556. The molecule has 3 nitrogen and oxygen atoms in total. The van der Waals surface area contributed by atoms with Crippen molar-refractivity contribution in [1.29, 1.82) is 0 Å². The summed E-state index contributed by atoms with van der Waals surface area (Å²) in [6, 6.07) is 24.0. The first-order valence-electron chi connectivity index (χ1n) is 9.11. The van der Waals surface area contributed by atoms with Crippen LogP contribution >= 0.6 is 0 Å². The van der Waals surface area contributed by atoms with E-state index in [9.17, 15) is 4.79 Å². The van der Waals surface area contributed by atoms with Crippen LogP contribution in [-0.2, 0) is 11.2 Å². The summed E-state index contributed by atoms with van der Waals surface area (Å²) in [6.07, 6.45) is 0.333. The number of carbonyl (C=O) groups excluding carboxylic acids is 1. The molecule has 3 aromatic carbocycles. The van der Waals surface area contributed by atoms with Gasteiger partial charge in [0.2, 0.25) is 5.91 Å². The number of amides is 1. The van der Waals surface area contributed by atoms with Crippen LogP contribution in [0.15, 0.2) is 72.8 Å². The van der Waals surface area contributed by atoms with Gasteiger partial charge in [-0.3, -0.25) is 4.79 Å². The fourth-order valence-corrected chi connectivity index (χ4v) is 3.21. The highest BCUT2D eigenvalue weighted by atomic mass is 16.5. The van der Waals surface area contributed by atoms with Crippen LogP contribution in [0.4, 0.5) is 0 Å². The van der Waals surface area contributed by atoms with Crippen molar-refractivity contribution < 1.29 is 9.53 Å². The van der Waals surface area contributed by atoms with Crippen molar-refractivity contribution in [1.82, 2.24) is 5.32 Å². The van der Waals surface area contributed by atoms with E-state index < -0.39 is 0 Å². The molecule has 0 unspecified atom stereocenters. The molecule has 1 amide bonds. The molecule has 0 radical (unpaired) electrons. The second kappa shape index (κ2) is 8.54. The Balaban J connectivity index is 1.80. The SMILES string of the molecule is COc1ccc(CC(=O)N[C@@H](c2ccccc2)c2ccc(C)cc2)cc1C. The van der Waals surface area contributed by atoms with Crippen molar-refractivity contribution >= 4 is 5.91 Å². The molecule has 1 N–H and O–H groups in total. The van der Waals surface area contributed by atoms with Crippen molar-refractivity contribution in [2.24, 2.45) is 0 Å². The zero-order valence-corrected chi connectivity index (χ0v) is 16.0. The lowest BCUT2D eigenvalue weighted by molar-refractivity contribution is -0.120. The molecule has 0 heterocycles. The standard InChI is InChI=1S/C24H25NO2/c1-17-9-12-21(13-10-17)24(20-7-5-4-6-8-20)25-23(26)16-19-11-14-22(27-3)18(2)15-19/h4-15,24H,16H2,1-3H3,(H,25,26)/t24-/m0/s1. The lowest BCUT2D eigenvalue weighted by Crippen LogP contribution is -2.30. The molecule has 3 aromatic rings. The molecule has 0 aliphatic carbocycles. The fraction of sp³-hybridized carbons (Fsp3) is 0.208. The molecule has 0 fully saturated rings. The number of carbonyl (C=O) groups is 1. The summed E-state index contributed by atoms with van der Waals surface area (Å²) >= 11 is 0. The van der Waals surface area contributed by atoms with Gasteiger partial charge in [0.05, 0.1) is 19.6 Å². The highest BCUT2D eigenvalue weighted by Crippen LogP contribution is 2.23. The first kappa shape index (κ1) is 18.7. The van der Waals surface area contributed by atoms with E-state index in [1.807, 2.05) is 55.5 Å². The molecule has 0 saturated carbocycles. The van der Waals surface area contributed by atoms with Gasteiger partial charge in [-0.25, -0.2) is 0 Å². The third-order valence-corrected chi connectivity index (χ3v) is 4.67. The van der Waals surface area contributed by atoms with E-state index in [-0.39, 0.29) is 11.9 Å². The number of methoxy groups -OCH3 is 1. The van der Waals surface area contributed by atoms with Crippen LogP contribution in [0.3, 0.4) is 0 Å². The largest absolute Gasteiger partial charge is 0.496 e. The van der Waals surface area contributed by atoms with Crippen molar-refractivity contribution in [2.45, 2.75) is 26.3 Å². The normalized spacial score (nSPS) is 11.7. The van der Waals surface area contributed by atoms with E-state index in [2.05, 4.69) is 36.5 Å². The molecule has 0 bridgehead atoms. The number of hydrogen-bond acceptors (Lipinski definition) is 2. The van der Waals surface area contributed by atoms with Crippen LogP contribution < -0.4 is 10.1 Å². The molecule has 0 aromatic heterocycles. The second-order valence-electron chi connectivity index (χ2n) is 6.80. The molecule has 3 heteroatoms. The predicted molar refractivity (Wildman–Crippen MR) is 109 cm³/mol. The van der Waals surface area contributed by atoms with E-state index in [1.165, 1.54) is 5.56 Å². The molecule has 0 spiro atoms. The average molecular weight is 359 g/mol. The van der Waals surface area contributed by atoms with Gasteiger partial charge in [-0.15, -0.1) is 0 Å². The first-order valence-corrected chi connectivity index (χ1v) is 9.11. The molecule has 0 saturated heterocycles. The maximum atomic E-state index is 12.8. The van der Waals surface area contributed by atoms with Gasteiger partial charge in [-0.1, -0.05) is 72.3 Å². The van der Waals surface area contributed by atoms with E-state index in [4.69, 9.17) is 4.74 Å². The Morgan fingerprint density at radius 3 is 2.22 bits per heavy atom. The van der Waals surface area contributed by atoms with Crippen molar-refractivity contribution in [2.75, 3.05) is 7.11 Å². The van der Waals surface area contributed by atoms with Crippen LogP contribution in [0, 0.1) is 13.8 Å². The molecule has 3 rings (SSSR count). The minimum atomic E-state index is -0.168. The summed E-state index contributed by atoms with van der Waals surface area (Å²) in [5.41, 5.74) is 5.35. The van der Waals surface area contributed by atoms with Gasteiger partial charge in [0.25, 0.3) is 0 Å². The van der Waals surface area contributed by atoms with E-state index in [0.29, 0.717) is 6.42 Å². The summed E-state index contributed by atoms with van der Waals surface area (Å²) < 4.78 is 5.29. The lowest BCUT2D eigenvalue weighted by atomic mass is 9.97. The summed E-state index contributed by atoms with van der Waals surface area (Å²) in [5.74, 6) is 0.829. The van der Waals surface area contributed by atoms with Gasteiger partial charge >= 0.3 is 0 Å². The van der Waals surface area contributed by atoms with E-state index in [1.54, 1.807) is 7.11 Å². The second-order valence-corrected chi connectivity index (χ2v) is 6.80. The molecular weight excluding hydrogens is 334 g/mol. The first-order chi connectivity index (χ1) is 13.1. The fourth-order valence-electron chi connectivity index (χ4n) is 3.21. The summed E-state index contributed by atoms with van der Waals surface area (Å²) in [4.78, 5) is 12.8. The summed E-state index contributed by atoms with van der Waals surface area (Å²) in [5, 5.41) is 3.20. The van der Waals surface area contributed by atoms with Crippen LogP contribution in [0.25, 0.3) is 0 Å². The molecule has 138 valence electrons. The third kappa shape index (κ3) is 4.76. The van der Waals surface area contributed by atoms with Crippen LogP contribution in [0.1, 0.15) is 33.9 Å². The zero-order chi connectivity index (χ0) is 19.2. The summed E-state index contributed by atoms with van der Waals surface area (Å²) in [7, 11) is 1.65. The van der Waals surface area contributed by atoms with Gasteiger partial charge in [0.1, 0.15) is 5.75 Å². The molecule has 0 aliphatic heterocycles. The zero-order valence-electron chi connectivity index (χ0n) is 16.0. The van der Waals surface area contributed by atoms with Gasteiger partial charge in [0.15, 0.2) is 0 Å². The van der Waals surface area contributed by atoms with E-state index in [0.717, 1.165) is 28.0 Å². The topological polar surface area (TPSA) is 38.3 Å². The van der Waals surface area contributed by atoms with Crippen molar-refractivity contribution in [3.63, 3.8) is 0 Å². The Bertz CT molecular complexity index is 901. The highest BCUT2D eigenvalue weighted by Gasteiger charge is 2.17. The van der Waals surface area contributed by atoms with E-state index >= 15 is 0 Å². The quantitative estimate of drug-likeness (QED) is 0.689. The lowest BCUT2D eigenvalue weighted by Gasteiger charge is -2.20. The number of benzene rings is 3.